The van der Waals surface area contributed by atoms with Crippen molar-refractivity contribution >= 4 is 5.91 Å². The van der Waals surface area contributed by atoms with E-state index in [1.807, 2.05) is 6.92 Å². The SMILES string of the molecule is CCNC(=O)C1(C)CCCCCC1. The molecule has 1 saturated carbocycles. The molecule has 1 amide bonds. The first kappa shape index (κ1) is 10.6. The Morgan fingerprint density at radius 2 is 1.77 bits per heavy atom. The van der Waals surface area contributed by atoms with Gasteiger partial charge in [0.05, 0.1) is 0 Å². The van der Waals surface area contributed by atoms with Crippen LogP contribution in [0.4, 0.5) is 0 Å². The molecule has 1 fully saturated rings. The van der Waals surface area contributed by atoms with Gasteiger partial charge in [-0.1, -0.05) is 32.6 Å². The Kier molecular flexibility index (Phi) is 3.76. The molecule has 0 spiro atoms. The Labute approximate surface area is 81.1 Å². The van der Waals surface area contributed by atoms with E-state index in [-0.39, 0.29) is 11.3 Å². The molecule has 1 aliphatic carbocycles. The standard InChI is InChI=1S/C11H21NO/c1-3-12-10(13)11(2)8-6-4-5-7-9-11/h3-9H2,1-2H3,(H,12,13). The van der Waals surface area contributed by atoms with Gasteiger partial charge in [0.2, 0.25) is 5.91 Å². The highest BCUT2D eigenvalue weighted by Crippen LogP contribution is 2.34. The smallest absolute Gasteiger partial charge is 0.225 e. The van der Waals surface area contributed by atoms with E-state index in [4.69, 9.17) is 0 Å². The highest BCUT2D eigenvalue weighted by molar-refractivity contribution is 5.82. The zero-order valence-electron chi connectivity index (χ0n) is 8.86. The van der Waals surface area contributed by atoms with Gasteiger partial charge in [-0.2, -0.15) is 0 Å². The van der Waals surface area contributed by atoms with E-state index in [1.54, 1.807) is 0 Å². The van der Waals surface area contributed by atoms with E-state index in [9.17, 15) is 4.79 Å². The van der Waals surface area contributed by atoms with Crippen molar-refractivity contribution in [3.63, 3.8) is 0 Å². The minimum absolute atomic E-state index is 0.0769. The number of carbonyl (C=O) groups excluding carboxylic acids is 1. The first-order valence-electron chi connectivity index (χ1n) is 5.47. The maximum atomic E-state index is 11.8. The Balaban J connectivity index is 2.55. The second-order valence-electron chi connectivity index (χ2n) is 4.33. The lowest BCUT2D eigenvalue weighted by Gasteiger charge is -2.26. The highest BCUT2D eigenvalue weighted by atomic mass is 16.2. The predicted molar refractivity (Wildman–Crippen MR) is 54.5 cm³/mol. The van der Waals surface area contributed by atoms with Crippen molar-refractivity contribution in [2.45, 2.75) is 52.4 Å². The Hall–Kier alpha value is -0.530. The molecule has 0 radical (unpaired) electrons. The monoisotopic (exact) mass is 183 g/mol. The third-order valence-electron chi connectivity index (χ3n) is 3.09. The van der Waals surface area contributed by atoms with Gasteiger partial charge >= 0.3 is 0 Å². The zero-order valence-corrected chi connectivity index (χ0v) is 8.86. The van der Waals surface area contributed by atoms with E-state index >= 15 is 0 Å². The van der Waals surface area contributed by atoms with Gasteiger partial charge in [-0.25, -0.2) is 0 Å². The number of amides is 1. The molecule has 0 bridgehead atoms. The highest BCUT2D eigenvalue weighted by Gasteiger charge is 2.32. The van der Waals surface area contributed by atoms with Crippen LogP contribution >= 0.6 is 0 Å². The van der Waals surface area contributed by atoms with Crippen molar-refractivity contribution in [2.24, 2.45) is 5.41 Å². The first-order valence-corrected chi connectivity index (χ1v) is 5.47. The van der Waals surface area contributed by atoms with Gasteiger partial charge in [0.15, 0.2) is 0 Å². The minimum atomic E-state index is -0.0769. The summed E-state index contributed by atoms with van der Waals surface area (Å²) in [6.07, 6.45) is 7.17. The van der Waals surface area contributed by atoms with Crippen molar-refractivity contribution in [1.29, 1.82) is 0 Å². The summed E-state index contributed by atoms with van der Waals surface area (Å²) in [4.78, 5) is 11.8. The van der Waals surface area contributed by atoms with Crippen molar-refractivity contribution in [3.05, 3.63) is 0 Å². The van der Waals surface area contributed by atoms with Crippen LogP contribution in [0, 0.1) is 5.41 Å². The number of rotatable bonds is 2. The van der Waals surface area contributed by atoms with Crippen LogP contribution < -0.4 is 5.32 Å². The average molecular weight is 183 g/mol. The van der Waals surface area contributed by atoms with E-state index < -0.39 is 0 Å². The molecule has 0 aliphatic heterocycles. The second kappa shape index (κ2) is 4.64. The molecule has 0 aromatic rings. The summed E-state index contributed by atoms with van der Waals surface area (Å²) in [6, 6.07) is 0. The van der Waals surface area contributed by atoms with Crippen molar-refractivity contribution in [2.75, 3.05) is 6.54 Å². The Bertz CT molecular complexity index is 169. The predicted octanol–water partition coefficient (Wildman–Crippen LogP) is 2.48. The number of carbonyl (C=O) groups is 1. The topological polar surface area (TPSA) is 29.1 Å². The molecule has 0 saturated heterocycles. The molecular formula is C11H21NO. The maximum absolute atomic E-state index is 11.8. The number of nitrogens with one attached hydrogen (secondary N) is 1. The van der Waals surface area contributed by atoms with E-state index in [2.05, 4.69) is 12.2 Å². The van der Waals surface area contributed by atoms with Gasteiger partial charge in [-0.3, -0.25) is 4.79 Å². The lowest BCUT2D eigenvalue weighted by molar-refractivity contribution is -0.130. The first-order chi connectivity index (χ1) is 6.19. The second-order valence-corrected chi connectivity index (χ2v) is 4.33. The van der Waals surface area contributed by atoms with Gasteiger partial charge in [0.1, 0.15) is 0 Å². The summed E-state index contributed by atoms with van der Waals surface area (Å²) >= 11 is 0. The normalized spacial score (nSPS) is 22.0. The van der Waals surface area contributed by atoms with E-state index in [0.29, 0.717) is 0 Å². The fourth-order valence-corrected chi connectivity index (χ4v) is 2.11. The summed E-state index contributed by atoms with van der Waals surface area (Å²) in [5.74, 6) is 0.261. The molecule has 0 heterocycles. The Morgan fingerprint density at radius 1 is 1.23 bits per heavy atom. The van der Waals surface area contributed by atoms with Gasteiger partial charge < -0.3 is 5.32 Å². The molecule has 0 aromatic heterocycles. The average Bonchev–Trinajstić information content (AvgIpc) is 2.32. The summed E-state index contributed by atoms with van der Waals surface area (Å²) < 4.78 is 0. The molecular weight excluding hydrogens is 162 g/mol. The fourth-order valence-electron chi connectivity index (χ4n) is 2.11. The summed E-state index contributed by atoms with van der Waals surface area (Å²) in [6.45, 7) is 4.86. The van der Waals surface area contributed by atoms with E-state index in [1.165, 1.54) is 25.7 Å². The van der Waals surface area contributed by atoms with Crippen LogP contribution in [0.5, 0.6) is 0 Å². The quantitative estimate of drug-likeness (QED) is 0.655. The number of hydrogen-bond acceptors (Lipinski definition) is 1. The summed E-state index contributed by atoms with van der Waals surface area (Å²) in [5, 5.41) is 2.94. The van der Waals surface area contributed by atoms with E-state index in [0.717, 1.165) is 19.4 Å². The summed E-state index contributed by atoms with van der Waals surface area (Å²) in [7, 11) is 0. The third kappa shape index (κ3) is 2.71. The van der Waals surface area contributed by atoms with Gasteiger partial charge in [0.25, 0.3) is 0 Å². The molecule has 13 heavy (non-hydrogen) atoms. The zero-order chi connectivity index (χ0) is 9.73. The third-order valence-corrected chi connectivity index (χ3v) is 3.09. The molecule has 76 valence electrons. The van der Waals surface area contributed by atoms with Crippen molar-refractivity contribution in [1.82, 2.24) is 5.32 Å². The fraction of sp³-hybridized carbons (Fsp3) is 0.909. The van der Waals surface area contributed by atoms with Crippen molar-refractivity contribution in [3.8, 4) is 0 Å². The Morgan fingerprint density at radius 3 is 2.23 bits per heavy atom. The van der Waals surface area contributed by atoms with Crippen LogP contribution in [0.2, 0.25) is 0 Å². The molecule has 0 unspecified atom stereocenters. The molecule has 1 rings (SSSR count). The van der Waals surface area contributed by atoms with Crippen LogP contribution in [0.15, 0.2) is 0 Å². The lowest BCUT2D eigenvalue weighted by atomic mass is 9.81. The van der Waals surface area contributed by atoms with Crippen LogP contribution in [0.25, 0.3) is 0 Å². The van der Waals surface area contributed by atoms with Gasteiger partial charge in [-0.05, 0) is 19.8 Å². The molecule has 1 aliphatic rings. The van der Waals surface area contributed by atoms with Crippen LogP contribution in [0.1, 0.15) is 52.4 Å². The number of hydrogen-bond donors (Lipinski definition) is 1. The van der Waals surface area contributed by atoms with Crippen LogP contribution in [-0.2, 0) is 4.79 Å². The van der Waals surface area contributed by atoms with Gasteiger partial charge in [0, 0.05) is 12.0 Å². The molecule has 0 atom stereocenters. The maximum Gasteiger partial charge on any atom is 0.225 e. The lowest BCUT2D eigenvalue weighted by Crippen LogP contribution is -2.38. The largest absolute Gasteiger partial charge is 0.356 e. The molecule has 0 aromatic carbocycles. The van der Waals surface area contributed by atoms with Crippen LogP contribution in [-0.4, -0.2) is 12.5 Å². The molecule has 2 nitrogen and oxygen atoms in total. The minimum Gasteiger partial charge on any atom is -0.356 e. The van der Waals surface area contributed by atoms with Gasteiger partial charge in [-0.15, -0.1) is 0 Å². The molecule has 2 heteroatoms. The summed E-state index contributed by atoms with van der Waals surface area (Å²) in [5.41, 5.74) is -0.0769. The van der Waals surface area contributed by atoms with Crippen molar-refractivity contribution < 1.29 is 4.79 Å². The van der Waals surface area contributed by atoms with Crippen LogP contribution in [0.3, 0.4) is 0 Å². The molecule has 1 N–H and O–H groups in total.